The van der Waals surface area contributed by atoms with Gasteiger partial charge in [0.25, 0.3) is 0 Å². The highest BCUT2D eigenvalue weighted by molar-refractivity contribution is 9.10. The molecular formula is C18H20BrNS. The molecule has 21 heavy (non-hydrogen) atoms. The van der Waals surface area contributed by atoms with Crippen LogP contribution >= 0.6 is 27.7 Å². The Morgan fingerprint density at radius 1 is 1.14 bits per heavy atom. The molecule has 0 aromatic heterocycles. The maximum Gasteiger partial charge on any atom is 0.0480 e. The van der Waals surface area contributed by atoms with E-state index in [1.54, 1.807) is 0 Å². The lowest BCUT2D eigenvalue weighted by Gasteiger charge is -2.37. The second-order valence-corrected chi connectivity index (χ2v) is 7.72. The fourth-order valence-electron chi connectivity index (χ4n) is 2.86. The maximum absolute atomic E-state index is 3.71. The monoisotopic (exact) mass is 361 g/mol. The van der Waals surface area contributed by atoms with Gasteiger partial charge in [0.1, 0.15) is 0 Å². The lowest BCUT2D eigenvalue weighted by Crippen LogP contribution is -2.34. The molecule has 0 heterocycles. The summed E-state index contributed by atoms with van der Waals surface area (Å²) < 4.78 is 1.18. The molecule has 0 unspecified atom stereocenters. The molecule has 0 atom stereocenters. The molecule has 3 rings (SSSR count). The van der Waals surface area contributed by atoms with Gasteiger partial charge >= 0.3 is 0 Å². The van der Waals surface area contributed by atoms with Gasteiger partial charge in [0.15, 0.2) is 0 Å². The molecule has 1 aliphatic carbocycles. The van der Waals surface area contributed by atoms with Gasteiger partial charge in [0.05, 0.1) is 0 Å². The van der Waals surface area contributed by atoms with Crippen LogP contribution in [0.1, 0.15) is 31.2 Å². The van der Waals surface area contributed by atoms with Crippen molar-refractivity contribution in [1.82, 2.24) is 0 Å². The molecule has 2 aromatic carbocycles. The first-order valence-corrected chi connectivity index (χ1v) is 9.28. The van der Waals surface area contributed by atoms with Crippen LogP contribution in [0.4, 0.5) is 5.69 Å². The third kappa shape index (κ3) is 3.64. The molecule has 2 aromatic rings. The van der Waals surface area contributed by atoms with E-state index >= 15 is 0 Å². The summed E-state index contributed by atoms with van der Waals surface area (Å²) in [6.07, 6.45) is 2.45. The van der Waals surface area contributed by atoms with Gasteiger partial charge < -0.3 is 5.32 Å². The average Bonchev–Trinajstić information content (AvgIpc) is 2.44. The first-order valence-electron chi connectivity index (χ1n) is 7.50. The summed E-state index contributed by atoms with van der Waals surface area (Å²) in [6.45, 7) is 2.20. The third-order valence-corrected chi connectivity index (χ3v) is 5.45. The quantitative estimate of drug-likeness (QED) is 0.663. The van der Waals surface area contributed by atoms with Gasteiger partial charge in [0, 0.05) is 21.1 Å². The highest BCUT2D eigenvalue weighted by atomic mass is 79.9. The molecule has 1 nitrogen and oxygen atoms in total. The van der Waals surface area contributed by atoms with Crippen molar-refractivity contribution in [3.63, 3.8) is 0 Å². The summed E-state index contributed by atoms with van der Waals surface area (Å²) in [5.41, 5.74) is 2.75. The van der Waals surface area contributed by atoms with Crippen molar-refractivity contribution in [3.8, 4) is 0 Å². The molecule has 0 spiro atoms. The smallest absolute Gasteiger partial charge is 0.0480 e. The van der Waals surface area contributed by atoms with Crippen LogP contribution in [0.3, 0.4) is 0 Å². The van der Waals surface area contributed by atoms with Crippen molar-refractivity contribution >= 4 is 33.4 Å². The molecule has 0 radical (unpaired) electrons. The molecule has 0 bridgehead atoms. The summed E-state index contributed by atoms with van der Waals surface area (Å²) in [5, 5.41) is 3.71. The summed E-state index contributed by atoms with van der Waals surface area (Å²) in [5.74, 6) is 1.82. The van der Waals surface area contributed by atoms with E-state index in [4.69, 9.17) is 0 Å². The largest absolute Gasteiger partial charge is 0.381 e. The third-order valence-electron chi connectivity index (χ3n) is 4.00. The Kier molecular flexibility index (Phi) is 4.91. The Labute approximate surface area is 139 Å². The highest BCUT2D eigenvalue weighted by Crippen LogP contribution is 2.40. The first-order chi connectivity index (χ1) is 10.3. The van der Waals surface area contributed by atoms with Crippen molar-refractivity contribution < 1.29 is 0 Å². The highest BCUT2D eigenvalue weighted by Gasteiger charge is 2.30. The molecule has 0 saturated heterocycles. The van der Waals surface area contributed by atoms with Crippen LogP contribution in [0, 0.1) is 0 Å². The molecular weight excluding hydrogens is 342 g/mol. The van der Waals surface area contributed by atoms with Crippen molar-refractivity contribution in [1.29, 1.82) is 0 Å². The van der Waals surface area contributed by atoms with Crippen molar-refractivity contribution in [2.45, 2.75) is 36.6 Å². The summed E-state index contributed by atoms with van der Waals surface area (Å²) >= 11 is 5.47. The minimum Gasteiger partial charge on any atom is -0.381 e. The fourth-order valence-corrected chi connectivity index (χ4v) is 4.04. The Hall–Kier alpha value is -0.930. The van der Waals surface area contributed by atoms with E-state index in [1.807, 2.05) is 11.8 Å². The zero-order valence-electron chi connectivity index (χ0n) is 12.2. The topological polar surface area (TPSA) is 12.0 Å². The molecule has 1 fully saturated rings. The summed E-state index contributed by atoms with van der Waals surface area (Å²) in [7, 11) is 0. The van der Waals surface area contributed by atoms with E-state index in [9.17, 15) is 0 Å². The number of hydrogen-bond acceptors (Lipinski definition) is 2. The molecule has 0 amide bonds. The Morgan fingerprint density at radius 3 is 2.71 bits per heavy atom. The van der Waals surface area contributed by atoms with Crippen LogP contribution in [0.5, 0.6) is 0 Å². The lowest BCUT2D eigenvalue weighted by atomic mass is 9.76. The minimum atomic E-state index is 0.604. The number of benzene rings is 2. The maximum atomic E-state index is 3.71. The molecule has 110 valence electrons. The van der Waals surface area contributed by atoms with E-state index in [0.29, 0.717) is 12.0 Å². The van der Waals surface area contributed by atoms with Crippen LogP contribution in [-0.4, -0.2) is 11.8 Å². The van der Waals surface area contributed by atoms with Gasteiger partial charge in [0.2, 0.25) is 0 Å². The zero-order valence-corrected chi connectivity index (χ0v) is 14.6. The van der Waals surface area contributed by atoms with E-state index in [2.05, 4.69) is 76.7 Å². The predicted octanol–water partition coefficient (Wildman–Crippen LogP) is 5.92. The number of halogens is 1. The first kappa shape index (κ1) is 15.0. The Bertz CT molecular complexity index is 608. The van der Waals surface area contributed by atoms with Crippen molar-refractivity contribution in [3.05, 3.63) is 58.6 Å². The zero-order chi connectivity index (χ0) is 14.7. The van der Waals surface area contributed by atoms with Crippen LogP contribution in [-0.2, 0) is 0 Å². The SMILES string of the molecule is CCSc1ccccc1NC1CC(c2cccc(Br)c2)C1. The van der Waals surface area contributed by atoms with Crippen LogP contribution in [0.2, 0.25) is 0 Å². The minimum absolute atomic E-state index is 0.604. The number of thioether (sulfide) groups is 1. The van der Waals surface area contributed by atoms with Crippen molar-refractivity contribution in [2.75, 3.05) is 11.1 Å². The summed E-state index contributed by atoms with van der Waals surface area (Å²) in [4.78, 5) is 1.37. The number of para-hydroxylation sites is 1. The fraction of sp³-hybridized carbons (Fsp3) is 0.333. The van der Waals surface area contributed by atoms with Gasteiger partial charge in [-0.25, -0.2) is 0 Å². The molecule has 1 aliphatic rings. The van der Waals surface area contributed by atoms with Crippen LogP contribution in [0.15, 0.2) is 57.9 Å². The van der Waals surface area contributed by atoms with E-state index in [-0.39, 0.29) is 0 Å². The molecule has 0 aliphatic heterocycles. The van der Waals surface area contributed by atoms with Gasteiger partial charge in [-0.15, -0.1) is 11.8 Å². The van der Waals surface area contributed by atoms with Crippen LogP contribution in [0.25, 0.3) is 0 Å². The van der Waals surface area contributed by atoms with Gasteiger partial charge in [-0.1, -0.05) is 47.1 Å². The van der Waals surface area contributed by atoms with Crippen molar-refractivity contribution in [2.24, 2.45) is 0 Å². The van der Waals surface area contributed by atoms with E-state index in [0.717, 1.165) is 5.75 Å². The lowest BCUT2D eigenvalue weighted by molar-refractivity contribution is 0.373. The number of rotatable bonds is 5. The molecule has 3 heteroatoms. The number of nitrogens with one attached hydrogen (secondary N) is 1. The number of anilines is 1. The Balaban J connectivity index is 1.60. The van der Waals surface area contributed by atoms with Gasteiger partial charge in [-0.2, -0.15) is 0 Å². The van der Waals surface area contributed by atoms with E-state index < -0.39 is 0 Å². The average molecular weight is 362 g/mol. The normalized spacial score (nSPS) is 20.9. The number of hydrogen-bond donors (Lipinski definition) is 1. The second-order valence-electron chi connectivity index (χ2n) is 5.49. The standard InChI is InChI=1S/C18H20BrNS/c1-2-21-18-9-4-3-8-17(18)20-16-11-14(12-16)13-6-5-7-15(19)10-13/h3-10,14,16,20H,2,11-12H2,1H3. The predicted molar refractivity (Wildman–Crippen MR) is 96.4 cm³/mol. The molecule has 1 saturated carbocycles. The van der Waals surface area contributed by atoms with E-state index in [1.165, 1.54) is 33.5 Å². The summed E-state index contributed by atoms with van der Waals surface area (Å²) in [6, 6.07) is 18.0. The van der Waals surface area contributed by atoms with Gasteiger partial charge in [-0.05, 0) is 54.3 Å². The molecule has 1 N–H and O–H groups in total. The van der Waals surface area contributed by atoms with Gasteiger partial charge in [-0.3, -0.25) is 0 Å². The van der Waals surface area contributed by atoms with Crippen LogP contribution < -0.4 is 5.32 Å². The Morgan fingerprint density at radius 2 is 1.95 bits per heavy atom. The second kappa shape index (κ2) is 6.89.